The average Bonchev–Trinajstić information content (AvgIpc) is 3.43. The minimum atomic E-state index is -0.814. The Hall–Kier alpha value is -2.14. The molecule has 4 nitrogen and oxygen atoms in total. The van der Waals surface area contributed by atoms with E-state index in [0.717, 1.165) is 0 Å². The van der Waals surface area contributed by atoms with Gasteiger partial charge in [-0.05, 0) is 51.4 Å². The molecule has 0 radical (unpaired) electrons. The molecule has 0 spiro atoms. The van der Waals surface area contributed by atoms with Crippen LogP contribution in [0.4, 0.5) is 0 Å². The van der Waals surface area contributed by atoms with Gasteiger partial charge in [0.2, 0.25) is 0 Å². The number of hydrogen-bond donors (Lipinski definition) is 2. The first kappa shape index (κ1) is 18.6. The summed E-state index contributed by atoms with van der Waals surface area (Å²) in [5.74, 6) is 0. The second kappa shape index (κ2) is 6.88. The Morgan fingerprint density at radius 1 is 0.500 bits per heavy atom. The van der Waals surface area contributed by atoms with E-state index in [1.54, 1.807) is 0 Å². The van der Waals surface area contributed by atoms with Crippen molar-refractivity contribution in [1.82, 2.24) is 0 Å². The minimum absolute atomic E-state index is 0.559. The third kappa shape index (κ3) is 2.84. The summed E-state index contributed by atoms with van der Waals surface area (Å²) in [5.41, 5.74) is -2.75. The van der Waals surface area contributed by atoms with Crippen LogP contribution in [0.15, 0.2) is 48.6 Å². The maximum Gasteiger partial charge on any atom is 0.0934 e. The number of nitrogens with zero attached hydrogens (tertiary/aromatic N) is 2. The SMILES string of the molecule is N#CC1(C2(O)CC=CC2)CC=CC1.N#CC1(C2(O)CC=CC2)CC=CC1. The molecule has 4 rings (SSSR count). The molecule has 0 bridgehead atoms. The van der Waals surface area contributed by atoms with E-state index >= 15 is 0 Å². The molecule has 0 heterocycles. The van der Waals surface area contributed by atoms with Crippen molar-refractivity contribution >= 4 is 0 Å². The van der Waals surface area contributed by atoms with Gasteiger partial charge in [-0.25, -0.2) is 0 Å². The zero-order chi connectivity index (χ0) is 18.7. The van der Waals surface area contributed by atoms with E-state index in [2.05, 4.69) is 12.1 Å². The summed E-state index contributed by atoms with van der Waals surface area (Å²) in [5, 5.41) is 39.0. The van der Waals surface area contributed by atoms with Crippen LogP contribution in [0.3, 0.4) is 0 Å². The molecular formula is C22H26N2O2. The first-order chi connectivity index (χ1) is 12.4. The van der Waals surface area contributed by atoms with Crippen LogP contribution in [0.2, 0.25) is 0 Å². The molecule has 4 aliphatic carbocycles. The maximum atomic E-state index is 10.3. The summed E-state index contributed by atoms with van der Waals surface area (Å²) in [7, 11) is 0. The molecule has 26 heavy (non-hydrogen) atoms. The molecule has 0 aromatic carbocycles. The molecule has 4 heteroatoms. The fourth-order valence-electron chi connectivity index (χ4n) is 4.52. The molecule has 0 amide bonds. The summed E-state index contributed by atoms with van der Waals surface area (Å²) >= 11 is 0. The second-order valence-electron chi connectivity index (χ2n) is 7.97. The fraction of sp³-hybridized carbons (Fsp3) is 0.545. The highest BCUT2D eigenvalue weighted by atomic mass is 16.3. The first-order valence-corrected chi connectivity index (χ1v) is 9.32. The summed E-state index contributed by atoms with van der Waals surface area (Å²) in [6.07, 6.45) is 21.2. The molecule has 0 atom stereocenters. The average molecular weight is 350 g/mol. The Morgan fingerprint density at radius 2 is 0.731 bits per heavy atom. The maximum absolute atomic E-state index is 10.3. The van der Waals surface area contributed by atoms with Crippen LogP contribution in [0.1, 0.15) is 51.4 Å². The van der Waals surface area contributed by atoms with Gasteiger partial charge >= 0.3 is 0 Å². The highest BCUT2D eigenvalue weighted by Gasteiger charge is 2.51. The molecule has 0 aliphatic heterocycles. The molecule has 4 aliphatic rings. The van der Waals surface area contributed by atoms with Crippen LogP contribution >= 0.6 is 0 Å². The summed E-state index contributed by atoms with van der Waals surface area (Å²) < 4.78 is 0. The van der Waals surface area contributed by atoms with Crippen LogP contribution in [0, 0.1) is 33.5 Å². The van der Waals surface area contributed by atoms with Gasteiger partial charge in [0.25, 0.3) is 0 Å². The van der Waals surface area contributed by atoms with Crippen molar-refractivity contribution in [2.45, 2.75) is 62.6 Å². The topological polar surface area (TPSA) is 88.0 Å². The number of hydrogen-bond acceptors (Lipinski definition) is 4. The Bertz CT molecular complexity index is 649. The number of nitriles is 2. The Kier molecular flexibility index (Phi) is 4.93. The molecule has 0 aromatic rings. The molecule has 136 valence electrons. The van der Waals surface area contributed by atoms with Gasteiger partial charge in [0.15, 0.2) is 0 Å². The molecule has 0 unspecified atom stereocenters. The van der Waals surface area contributed by atoms with Crippen molar-refractivity contribution in [3.05, 3.63) is 48.6 Å². The van der Waals surface area contributed by atoms with Crippen molar-refractivity contribution in [2.24, 2.45) is 10.8 Å². The van der Waals surface area contributed by atoms with Crippen LogP contribution in [0.5, 0.6) is 0 Å². The Balaban J connectivity index is 0.000000151. The predicted octanol–water partition coefficient (Wildman–Crippen LogP) is 3.85. The van der Waals surface area contributed by atoms with E-state index in [0.29, 0.717) is 51.4 Å². The lowest BCUT2D eigenvalue weighted by atomic mass is 9.69. The normalized spacial score (nSPS) is 27.7. The summed E-state index contributed by atoms with van der Waals surface area (Å²) in [6, 6.07) is 4.61. The van der Waals surface area contributed by atoms with E-state index in [9.17, 15) is 10.2 Å². The number of allylic oxidation sites excluding steroid dienone is 4. The van der Waals surface area contributed by atoms with Crippen LogP contribution in [0.25, 0.3) is 0 Å². The van der Waals surface area contributed by atoms with E-state index in [4.69, 9.17) is 10.5 Å². The number of aliphatic hydroxyl groups is 2. The van der Waals surface area contributed by atoms with Crippen molar-refractivity contribution in [3.8, 4) is 12.1 Å². The largest absolute Gasteiger partial charge is 0.388 e. The highest BCUT2D eigenvalue weighted by molar-refractivity contribution is 5.26. The van der Waals surface area contributed by atoms with Gasteiger partial charge in [-0.2, -0.15) is 10.5 Å². The lowest BCUT2D eigenvalue weighted by molar-refractivity contribution is -0.0390. The van der Waals surface area contributed by atoms with Gasteiger partial charge in [0.05, 0.1) is 34.2 Å². The van der Waals surface area contributed by atoms with Crippen molar-refractivity contribution in [3.63, 3.8) is 0 Å². The molecular weight excluding hydrogens is 324 g/mol. The van der Waals surface area contributed by atoms with Crippen LogP contribution in [-0.2, 0) is 0 Å². The third-order valence-electron chi connectivity index (χ3n) is 6.56. The van der Waals surface area contributed by atoms with Gasteiger partial charge in [0.1, 0.15) is 0 Å². The minimum Gasteiger partial charge on any atom is -0.388 e. The Labute approximate surface area is 155 Å². The van der Waals surface area contributed by atoms with Crippen molar-refractivity contribution in [2.75, 3.05) is 0 Å². The van der Waals surface area contributed by atoms with E-state index in [1.807, 2.05) is 48.6 Å². The van der Waals surface area contributed by atoms with Gasteiger partial charge in [0, 0.05) is 0 Å². The lowest BCUT2D eigenvalue weighted by Gasteiger charge is -2.37. The van der Waals surface area contributed by atoms with Gasteiger partial charge in [-0.1, -0.05) is 48.6 Å². The van der Waals surface area contributed by atoms with Gasteiger partial charge < -0.3 is 10.2 Å². The third-order valence-corrected chi connectivity index (χ3v) is 6.56. The van der Waals surface area contributed by atoms with Crippen LogP contribution < -0.4 is 0 Å². The van der Waals surface area contributed by atoms with Gasteiger partial charge in [-0.15, -0.1) is 0 Å². The smallest absolute Gasteiger partial charge is 0.0934 e. The summed E-state index contributed by atoms with van der Waals surface area (Å²) in [6.45, 7) is 0. The molecule has 0 fully saturated rings. The van der Waals surface area contributed by atoms with Crippen molar-refractivity contribution < 1.29 is 10.2 Å². The zero-order valence-corrected chi connectivity index (χ0v) is 15.1. The standard InChI is InChI=1S/2C11H13NO/c2*12-9-10(5-1-2-6-10)11(13)7-3-4-8-11/h2*1-4,13H,5-8H2. The molecule has 0 saturated carbocycles. The molecule has 0 saturated heterocycles. The Morgan fingerprint density at radius 3 is 0.962 bits per heavy atom. The predicted molar refractivity (Wildman–Crippen MR) is 99.5 cm³/mol. The first-order valence-electron chi connectivity index (χ1n) is 9.32. The lowest BCUT2D eigenvalue weighted by Crippen LogP contribution is -2.44. The van der Waals surface area contributed by atoms with Crippen molar-refractivity contribution in [1.29, 1.82) is 10.5 Å². The second-order valence-corrected chi connectivity index (χ2v) is 7.97. The van der Waals surface area contributed by atoms with Crippen LogP contribution in [-0.4, -0.2) is 21.4 Å². The molecule has 0 aromatic heterocycles. The fourth-order valence-corrected chi connectivity index (χ4v) is 4.52. The quantitative estimate of drug-likeness (QED) is 0.740. The van der Waals surface area contributed by atoms with E-state index < -0.39 is 22.0 Å². The summed E-state index contributed by atoms with van der Waals surface area (Å²) in [4.78, 5) is 0. The molecule has 2 N–H and O–H groups in total. The van der Waals surface area contributed by atoms with E-state index in [-0.39, 0.29) is 0 Å². The highest BCUT2D eigenvalue weighted by Crippen LogP contribution is 2.49. The monoisotopic (exact) mass is 350 g/mol. The van der Waals surface area contributed by atoms with Gasteiger partial charge in [-0.3, -0.25) is 0 Å². The van der Waals surface area contributed by atoms with E-state index in [1.165, 1.54) is 0 Å². The number of rotatable bonds is 2. The zero-order valence-electron chi connectivity index (χ0n) is 15.1.